The van der Waals surface area contributed by atoms with Gasteiger partial charge < -0.3 is 10.6 Å². The average Bonchev–Trinajstić information content (AvgIpc) is 2.50. The van der Waals surface area contributed by atoms with Crippen LogP contribution in [0.3, 0.4) is 0 Å². The number of anilines is 1. The molecule has 1 fully saturated rings. The number of rotatable bonds is 4. The zero-order chi connectivity index (χ0) is 15.3. The van der Waals surface area contributed by atoms with E-state index in [9.17, 15) is 9.18 Å². The molecule has 1 aromatic rings. The van der Waals surface area contributed by atoms with E-state index < -0.39 is 11.2 Å². The van der Waals surface area contributed by atoms with Crippen LogP contribution in [0.4, 0.5) is 10.1 Å². The maximum absolute atomic E-state index is 13.9. The van der Waals surface area contributed by atoms with Gasteiger partial charge in [-0.3, -0.25) is 4.79 Å². The molecule has 0 radical (unpaired) electrons. The second kappa shape index (κ2) is 6.68. The topological polar surface area (TPSA) is 64.9 Å². The molecule has 1 unspecified atom stereocenters. The third-order valence-electron chi connectivity index (χ3n) is 4.03. The Bertz CT molecular complexity index is 554. The number of nitriles is 1. The highest BCUT2D eigenvalue weighted by atomic mass is 19.1. The van der Waals surface area contributed by atoms with Crippen molar-refractivity contribution in [2.24, 2.45) is 5.41 Å². The number of hydrogen-bond acceptors (Lipinski definition) is 3. The zero-order valence-corrected chi connectivity index (χ0v) is 12.2. The number of halogens is 1. The van der Waals surface area contributed by atoms with E-state index in [0.29, 0.717) is 6.54 Å². The van der Waals surface area contributed by atoms with Crippen LogP contribution in [-0.4, -0.2) is 19.0 Å². The van der Waals surface area contributed by atoms with Crippen molar-refractivity contribution in [2.45, 2.75) is 32.6 Å². The lowest BCUT2D eigenvalue weighted by Crippen LogP contribution is -2.48. The maximum atomic E-state index is 13.9. The van der Waals surface area contributed by atoms with Gasteiger partial charge in [0.2, 0.25) is 5.91 Å². The van der Waals surface area contributed by atoms with Crippen LogP contribution in [0, 0.1) is 22.6 Å². The Morgan fingerprint density at radius 1 is 1.57 bits per heavy atom. The van der Waals surface area contributed by atoms with Crippen molar-refractivity contribution in [3.63, 3.8) is 0 Å². The van der Waals surface area contributed by atoms with Gasteiger partial charge in [-0.25, -0.2) is 4.39 Å². The smallest absolute Gasteiger partial charge is 0.231 e. The summed E-state index contributed by atoms with van der Waals surface area (Å²) in [5, 5.41) is 14.7. The standard InChI is InChI=1S/C16H20FN3O/c1-2-6-16(7-3-8-19-11-16)15(21)20-14-5-4-12(10-18)9-13(14)17/h4-5,9,19H,2-3,6-8,11H2,1H3,(H,20,21). The first-order valence-corrected chi connectivity index (χ1v) is 7.33. The molecule has 5 heteroatoms. The molecule has 0 spiro atoms. The maximum Gasteiger partial charge on any atom is 0.231 e. The van der Waals surface area contributed by atoms with Gasteiger partial charge in [0.1, 0.15) is 5.82 Å². The third kappa shape index (κ3) is 3.40. The molecule has 1 aliphatic rings. The molecule has 21 heavy (non-hydrogen) atoms. The minimum Gasteiger partial charge on any atom is -0.323 e. The number of hydrogen-bond donors (Lipinski definition) is 2. The molecule has 1 saturated heterocycles. The molecular formula is C16H20FN3O. The van der Waals surface area contributed by atoms with Crippen molar-refractivity contribution in [1.82, 2.24) is 5.32 Å². The fraction of sp³-hybridized carbons (Fsp3) is 0.500. The van der Waals surface area contributed by atoms with Gasteiger partial charge in [-0.05, 0) is 44.0 Å². The van der Waals surface area contributed by atoms with E-state index in [4.69, 9.17) is 5.26 Å². The van der Waals surface area contributed by atoms with Crippen molar-refractivity contribution in [2.75, 3.05) is 18.4 Å². The molecule has 0 bridgehead atoms. The van der Waals surface area contributed by atoms with E-state index >= 15 is 0 Å². The normalized spacial score (nSPS) is 21.6. The van der Waals surface area contributed by atoms with Gasteiger partial charge in [0.15, 0.2) is 0 Å². The highest BCUT2D eigenvalue weighted by Crippen LogP contribution is 2.33. The van der Waals surface area contributed by atoms with E-state index in [2.05, 4.69) is 10.6 Å². The molecule has 1 aromatic carbocycles. The van der Waals surface area contributed by atoms with Gasteiger partial charge in [0.25, 0.3) is 0 Å². The van der Waals surface area contributed by atoms with E-state index in [-0.39, 0.29) is 17.2 Å². The summed E-state index contributed by atoms with van der Waals surface area (Å²) in [5.41, 5.74) is -0.0824. The zero-order valence-electron chi connectivity index (χ0n) is 12.2. The van der Waals surface area contributed by atoms with Crippen LogP contribution in [0.25, 0.3) is 0 Å². The van der Waals surface area contributed by atoms with Crippen LogP contribution < -0.4 is 10.6 Å². The summed E-state index contributed by atoms with van der Waals surface area (Å²) >= 11 is 0. The molecule has 1 aliphatic heterocycles. The van der Waals surface area contributed by atoms with E-state index in [0.717, 1.165) is 38.3 Å². The molecule has 2 N–H and O–H groups in total. The van der Waals surface area contributed by atoms with Crippen molar-refractivity contribution >= 4 is 11.6 Å². The molecule has 2 rings (SSSR count). The summed E-state index contributed by atoms with van der Waals surface area (Å²) in [7, 11) is 0. The molecular weight excluding hydrogens is 269 g/mol. The summed E-state index contributed by atoms with van der Waals surface area (Å²) in [4.78, 5) is 12.6. The summed E-state index contributed by atoms with van der Waals surface area (Å²) in [5.74, 6) is -0.710. The minimum absolute atomic E-state index is 0.139. The van der Waals surface area contributed by atoms with E-state index in [1.807, 2.05) is 13.0 Å². The molecule has 1 atom stereocenters. The van der Waals surface area contributed by atoms with Gasteiger partial charge in [0, 0.05) is 6.54 Å². The Morgan fingerprint density at radius 2 is 2.38 bits per heavy atom. The number of piperidine rings is 1. The van der Waals surface area contributed by atoms with Crippen LogP contribution >= 0.6 is 0 Å². The SMILES string of the molecule is CCCC1(C(=O)Nc2ccc(C#N)cc2F)CCCNC1. The largest absolute Gasteiger partial charge is 0.323 e. The quantitative estimate of drug-likeness (QED) is 0.895. The number of nitrogens with zero attached hydrogens (tertiary/aromatic N) is 1. The lowest BCUT2D eigenvalue weighted by molar-refractivity contribution is -0.127. The monoisotopic (exact) mass is 289 g/mol. The fourth-order valence-electron chi connectivity index (χ4n) is 2.91. The number of amides is 1. The highest BCUT2D eigenvalue weighted by molar-refractivity contribution is 5.95. The molecule has 0 aromatic heterocycles. The number of carbonyl (C=O) groups excluding carboxylic acids is 1. The van der Waals surface area contributed by atoms with Gasteiger partial charge in [0.05, 0.1) is 22.7 Å². The van der Waals surface area contributed by atoms with Crippen LogP contribution in [0.15, 0.2) is 18.2 Å². The lowest BCUT2D eigenvalue weighted by atomic mass is 9.76. The predicted octanol–water partition coefficient (Wildman–Crippen LogP) is 2.81. The van der Waals surface area contributed by atoms with Gasteiger partial charge in [-0.2, -0.15) is 5.26 Å². The highest BCUT2D eigenvalue weighted by Gasteiger charge is 2.38. The summed E-state index contributed by atoms with van der Waals surface area (Å²) in [6, 6.07) is 5.97. The second-order valence-electron chi connectivity index (χ2n) is 5.57. The summed E-state index contributed by atoms with van der Waals surface area (Å²) in [6.45, 7) is 3.60. The third-order valence-corrected chi connectivity index (χ3v) is 4.03. The number of benzene rings is 1. The van der Waals surface area contributed by atoms with Gasteiger partial charge >= 0.3 is 0 Å². The summed E-state index contributed by atoms with van der Waals surface area (Å²) in [6.07, 6.45) is 3.45. The van der Waals surface area contributed by atoms with Crippen LogP contribution in [0.2, 0.25) is 0 Å². The molecule has 1 amide bonds. The predicted molar refractivity (Wildman–Crippen MR) is 79.2 cm³/mol. The molecule has 0 aliphatic carbocycles. The van der Waals surface area contributed by atoms with Crippen LogP contribution in [-0.2, 0) is 4.79 Å². The van der Waals surface area contributed by atoms with Crippen molar-refractivity contribution < 1.29 is 9.18 Å². The van der Waals surface area contributed by atoms with E-state index in [1.54, 1.807) is 0 Å². The second-order valence-corrected chi connectivity index (χ2v) is 5.57. The Hall–Kier alpha value is -1.93. The van der Waals surface area contributed by atoms with Crippen molar-refractivity contribution in [3.8, 4) is 6.07 Å². The van der Waals surface area contributed by atoms with Gasteiger partial charge in [-0.1, -0.05) is 13.3 Å². The average molecular weight is 289 g/mol. The molecule has 112 valence electrons. The fourth-order valence-corrected chi connectivity index (χ4v) is 2.91. The first-order valence-electron chi connectivity index (χ1n) is 7.33. The van der Waals surface area contributed by atoms with Crippen LogP contribution in [0.5, 0.6) is 0 Å². The van der Waals surface area contributed by atoms with Gasteiger partial charge in [-0.15, -0.1) is 0 Å². The van der Waals surface area contributed by atoms with E-state index in [1.165, 1.54) is 12.1 Å². The Labute approximate surface area is 124 Å². The van der Waals surface area contributed by atoms with Crippen molar-refractivity contribution in [3.05, 3.63) is 29.6 Å². The first kappa shape index (κ1) is 15.5. The minimum atomic E-state index is -0.571. The number of nitrogens with one attached hydrogen (secondary N) is 2. The Kier molecular flexibility index (Phi) is 4.92. The molecule has 0 saturated carbocycles. The Balaban J connectivity index is 2.17. The van der Waals surface area contributed by atoms with Crippen molar-refractivity contribution in [1.29, 1.82) is 5.26 Å². The molecule has 1 heterocycles. The van der Waals surface area contributed by atoms with Crippen LogP contribution in [0.1, 0.15) is 38.2 Å². The summed E-state index contributed by atoms with van der Waals surface area (Å²) < 4.78 is 13.9. The molecule has 4 nitrogen and oxygen atoms in total. The first-order chi connectivity index (χ1) is 10.1. The lowest BCUT2D eigenvalue weighted by Gasteiger charge is -2.36. The number of carbonyl (C=O) groups is 1. The Morgan fingerprint density at radius 3 is 2.95 bits per heavy atom.